The van der Waals surface area contributed by atoms with Crippen LogP contribution in [0.3, 0.4) is 0 Å². The van der Waals surface area contributed by atoms with E-state index in [0.29, 0.717) is 10.1 Å². The number of nitrogens with one attached hydrogen (secondary N) is 1. The summed E-state index contributed by atoms with van der Waals surface area (Å²) in [6.07, 6.45) is 1.03. The predicted molar refractivity (Wildman–Crippen MR) is 62.2 cm³/mol. The molecule has 1 aromatic heterocycles. The van der Waals surface area contributed by atoms with E-state index in [0.717, 1.165) is 6.26 Å². The Morgan fingerprint density at radius 2 is 1.94 bits per heavy atom. The van der Waals surface area contributed by atoms with Crippen molar-refractivity contribution in [1.29, 1.82) is 0 Å². The molecule has 0 saturated carbocycles. The van der Waals surface area contributed by atoms with Crippen molar-refractivity contribution >= 4 is 32.2 Å². The maximum Gasteiger partial charge on any atom is 0.247 e. The Bertz CT molecular complexity index is 504. The summed E-state index contributed by atoms with van der Waals surface area (Å²) in [6, 6.07) is 0. The number of hydrogen-bond acceptors (Lipinski definition) is 6. The molecule has 6 nitrogen and oxygen atoms in total. The van der Waals surface area contributed by atoms with Crippen LogP contribution < -0.4 is 5.32 Å². The third kappa shape index (κ3) is 2.56. The fourth-order valence-corrected chi connectivity index (χ4v) is 1.74. The fraction of sp³-hybridized carbons (Fsp3) is 0.625. The Kier molecular flexibility index (Phi) is 3.34. The number of amides is 1. The van der Waals surface area contributed by atoms with E-state index < -0.39 is 20.5 Å². The Morgan fingerprint density at radius 1 is 1.38 bits per heavy atom. The standard InChI is InChI=1S/C8H13N3O3S2/c1-5-10-11-7(15-5)9-6(12)8(2,3)16(4,13)14/h1-4H3,(H,9,11,12). The number of hydrogen-bond donors (Lipinski definition) is 1. The largest absolute Gasteiger partial charge is 0.299 e. The molecule has 1 amide bonds. The normalized spacial score (nSPS) is 12.5. The van der Waals surface area contributed by atoms with Crippen molar-refractivity contribution in [2.75, 3.05) is 11.6 Å². The van der Waals surface area contributed by atoms with E-state index in [4.69, 9.17) is 0 Å². The van der Waals surface area contributed by atoms with Crippen molar-refractivity contribution < 1.29 is 13.2 Å². The maximum atomic E-state index is 11.7. The Morgan fingerprint density at radius 3 is 2.31 bits per heavy atom. The van der Waals surface area contributed by atoms with Crippen LogP contribution in [-0.4, -0.2) is 35.5 Å². The molecule has 1 N–H and O–H groups in total. The average molecular weight is 263 g/mol. The van der Waals surface area contributed by atoms with E-state index in [1.54, 1.807) is 6.92 Å². The van der Waals surface area contributed by atoms with Crippen LogP contribution in [0, 0.1) is 6.92 Å². The van der Waals surface area contributed by atoms with Gasteiger partial charge in [-0.05, 0) is 20.8 Å². The molecule has 0 radical (unpaired) electrons. The molecule has 90 valence electrons. The molecule has 1 rings (SSSR count). The number of anilines is 1. The number of nitrogens with zero attached hydrogens (tertiary/aromatic N) is 2. The van der Waals surface area contributed by atoms with Gasteiger partial charge in [-0.25, -0.2) is 8.42 Å². The van der Waals surface area contributed by atoms with E-state index in [9.17, 15) is 13.2 Å². The molecule has 0 saturated heterocycles. The molecule has 1 aromatic rings. The van der Waals surface area contributed by atoms with E-state index >= 15 is 0 Å². The SMILES string of the molecule is Cc1nnc(NC(=O)C(C)(C)S(C)(=O)=O)s1. The molecular weight excluding hydrogens is 250 g/mol. The van der Waals surface area contributed by atoms with Gasteiger partial charge in [0.15, 0.2) is 9.84 Å². The summed E-state index contributed by atoms with van der Waals surface area (Å²) in [5.41, 5.74) is 0. The minimum atomic E-state index is -3.47. The minimum Gasteiger partial charge on any atom is -0.299 e. The molecule has 0 aliphatic heterocycles. The number of aryl methyl sites for hydroxylation is 1. The molecule has 0 spiro atoms. The van der Waals surface area contributed by atoms with Gasteiger partial charge in [0.25, 0.3) is 0 Å². The smallest absolute Gasteiger partial charge is 0.247 e. The Hall–Kier alpha value is -1.02. The molecule has 0 unspecified atom stereocenters. The zero-order chi connectivity index (χ0) is 12.6. The van der Waals surface area contributed by atoms with Crippen LogP contribution in [0.25, 0.3) is 0 Å². The zero-order valence-corrected chi connectivity index (χ0v) is 11.1. The van der Waals surface area contributed by atoms with Crippen molar-refractivity contribution in [2.45, 2.75) is 25.5 Å². The molecule has 0 aliphatic carbocycles. The van der Waals surface area contributed by atoms with Crippen LogP contribution in [0.4, 0.5) is 5.13 Å². The highest BCUT2D eigenvalue weighted by Gasteiger charge is 2.38. The topological polar surface area (TPSA) is 89.0 Å². The molecule has 1 heterocycles. The molecule has 0 bridgehead atoms. The highest BCUT2D eigenvalue weighted by molar-refractivity contribution is 7.92. The summed E-state index contributed by atoms with van der Waals surface area (Å²) < 4.78 is 21.3. The first-order chi connectivity index (χ1) is 7.14. The van der Waals surface area contributed by atoms with Crippen LogP contribution in [0.2, 0.25) is 0 Å². The van der Waals surface area contributed by atoms with Gasteiger partial charge in [0, 0.05) is 6.26 Å². The van der Waals surface area contributed by atoms with Crippen LogP contribution in [0.1, 0.15) is 18.9 Å². The molecule has 0 fully saturated rings. The lowest BCUT2D eigenvalue weighted by Gasteiger charge is -2.20. The van der Waals surface area contributed by atoms with Crippen molar-refractivity contribution in [1.82, 2.24) is 10.2 Å². The van der Waals surface area contributed by atoms with Gasteiger partial charge in [-0.3, -0.25) is 10.1 Å². The maximum absolute atomic E-state index is 11.7. The van der Waals surface area contributed by atoms with Gasteiger partial charge in [-0.1, -0.05) is 11.3 Å². The van der Waals surface area contributed by atoms with Crippen molar-refractivity contribution in [3.63, 3.8) is 0 Å². The second-order valence-electron chi connectivity index (χ2n) is 3.86. The second-order valence-corrected chi connectivity index (χ2v) is 7.61. The summed E-state index contributed by atoms with van der Waals surface area (Å²) in [5, 5.41) is 10.9. The summed E-state index contributed by atoms with van der Waals surface area (Å²) in [5.74, 6) is -0.605. The molecular formula is C8H13N3O3S2. The molecule has 16 heavy (non-hydrogen) atoms. The van der Waals surface area contributed by atoms with E-state index in [-0.39, 0.29) is 0 Å². The lowest BCUT2D eigenvalue weighted by atomic mass is 10.2. The number of sulfone groups is 1. The van der Waals surface area contributed by atoms with Crippen LogP contribution in [-0.2, 0) is 14.6 Å². The minimum absolute atomic E-state index is 0.305. The van der Waals surface area contributed by atoms with Gasteiger partial charge in [-0.15, -0.1) is 10.2 Å². The van der Waals surface area contributed by atoms with Crippen LogP contribution >= 0.6 is 11.3 Å². The number of carbonyl (C=O) groups is 1. The van der Waals surface area contributed by atoms with Gasteiger partial charge in [0.2, 0.25) is 11.0 Å². The highest BCUT2D eigenvalue weighted by Crippen LogP contribution is 2.20. The third-order valence-corrected chi connectivity index (χ3v) is 5.01. The first kappa shape index (κ1) is 13.0. The van der Waals surface area contributed by atoms with Gasteiger partial charge in [0.1, 0.15) is 9.75 Å². The third-order valence-electron chi connectivity index (χ3n) is 2.22. The van der Waals surface area contributed by atoms with E-state index in [1.165, 1.54) is 25.2 Å². The van der Waals surface area contributed by atoms with Gasteiger partial charge >= 0.3 is 0 Å². The summed E-state index contributed by atoms with van der Waals surface area (Å²) in [4.78, 5) is 11.7. The number of aromatic nitrogens is 2. The lowest BCUT2D eigenvalue weighted by molar-refractivity contribution is -0.117. The molecule has 0 aromatic carbocycles. The fourth-order valence-electron chi connectivity index (χ4n) is 0.763. The zero-order valence-electron chi connectivity index (χ0n) is 9.44. The number of carbonyl (C=O) groups excluding carboxylic acids is 1. The summed E-state index contributed by atoms with van der Waals surface area (Å²) in [6.45, 7) is 4.45. The summed E-state index contributed by atoms with van der Waals surface area (Å²) >= 11 is 1.19. The lowest BCUT2D eigenvalue weighted by Crippen LogP contribution is -2.43. The number of rotatable bonds is 3. The second kappa shape index (κ2) is 4.10. The first-order valence-electron chi connectivity index (χ1n) is 4.46. The molecule has 0 aliphatic rings. The average Bonchev–Trinajstić information content (AvgIpc) is 2.49. The molecule has 0 atom stereocenters. The highest BCUT2D eigenvalue weighted by atomic mass is 32.2. The monoisotopic (exact) mass is 263 g/mol. The van der Waals surface area contributed by atoms with E-state index in [1.807, 2.05) is 0 Å². The Labute approximate surface area is 98.0 Å². The van der Waals surface area contributed by atoms with E-state index in [2.05, 4.69) is 15.5 Å². The predicted octanol–water partition coefficient (Wildman–Crippen LogP) is 0.608. The van der Waals surface area contributed by atoms with Crippen LogP contribution in [0.5, 0.6) is 0 Å². The first-order valence-corrected chi connectivity index (χ1v) is 7.16. The van der Waals surface area contributed by atoms with Gasteiger partial charge < -0.3 is 0 Å². The van der Waals surface area contributed by atoms with Crippen molar-refractivity contribution in [3.8, 4) is 0 Å². The van der Waals surface area contributed by atoms with Crippen molar-refractivity contribution in [3.05, 3.63) is 5.01 Å². The quantitative estimate of drug-likeness (QED) is 0.863. The Balaban J connectivity index is 2.89. The molecule has 8 heteroatoms. The summed E-state index contributed by atoms with van der Waals surface area (Å²) in [7, 11) is -3.47. The van der Waals surface area contributed by atoms with Gasteiger partial charge in [0.05, 0.1) is 0 Å². The van der Waals surface area contributed by atoms with Gasteiger partial charge in [-0.2, -0.15) is 0 Å². The van der Waals surface area contributed by atoms with Crippen molar-refractivity contribution in [2.24, 2.45) is 0 Å². The van der Waals surface area contributed by atoms with Crippen LogP contribution in [0.15, 0.2) is 0 Å².